The van der Waals surface area contributed by atoms with Crippen LogP contribution in [-0.2, 0) is 17.1 Å². The van der Waals surface area contributed by atoms with Crippen LogP contribution in [-0.4, -0.2) is 29.0 Å². The Morgan fingerprint density at radius 3 is 2.45 bits per heavy atom. The second-order valence-electron chi connectivity index (χ2n) is 7.99. The van der Waals surface area contributed by atoms with Gasteiger partial charge in [-0.15, -0.1) is 0 Å². The Labute approximate surface area is 180 Å². The van der Waals surface area contributed by atoms with E-state index in [1.807, 2.05) is 63.2 Å². The molecule has 2 aromatic heterocycles. The van der Waals surface area contributed by atoms with Gasteiger partial charge in [0.25, 0.3) is 0 Å². The lowest BCUT2D eigenvalue weighted by molar-refractivity contribution is 0.438. The normalized spacial score (nSPS) is 12.1. The standard InChI is InChI=1S/C22H24N4O4S/c1-13(2)26-17-10-9-15(12-18(17)25(4)22(26)27)19-20(16-8-6-7-14(3)11-16)23-30-21(19)24-31(5,28)29/h6-13,24H,1-5H3. The molecule has 0 bridgehead atoms. The number of fused-ring (bicyclic) bond motifs is 1. The van der Waals surface area contributed by atoms with Crippen LogP contribution < -0.4 is 10.4 Å². The second-order valence-corrected chi connectivity index (χ2v) is 9.74. The third kappa shape index (κ3) is 3.76. The molecule has 4 rings (SSSR count). The van der Waals surface area contributed by atoms with Gasteiger partial charge in [0.15, 0.2) is 0 Å². The Hall–Kier alpha value is -3.33. The van der Waals surface area contributed by atoms with Crippen molar-refractivity contribution in [2.75, 3.05) is 11.0 Å². The maximum Gasteiger partial charge on any atom is 0.329 e. The summed E-state index contributed by atoms with van der Waals surface area (Å²) in [5.41, 5.74) is 4.99. The van der Waals surface area contributed by atoms with E-state index in [9.17, 15) is 13.2 Å². The van der Waals surface area contributed by atoms with E-state index in [-0.39, 0.29) is 17.6 Å². The molecular weight excluding hydrogens is 416 g/mol. The van der Waals surface area contributed by atoms with Gasteiger partial charge in [0.05, 0.1) is 22.9 Å². The number of nitrogens with one attached hydrogen (secondary N) is 1. The molecule has 0 fully saturated rings. The van der Waals surface area contributed by atoms with Gasteiger partial charge in [-0.3, -0.25) is 13.9 Å². The topological polar surface area (TPSA) is 99.1 Å². The van der Waals surface area contributed by atoms with Gasteiger partial charge in [-0.2, -0.15) is 0 Å². The number of aryl methyl sites for hydroxylation is 2. The SMILES string of the molecule is Cc1cccc(-c2noc(NS(C)(=O)=O)c2-c2ccc3c(c2)n(C)c(=O)n3C(C)C)c1. The van der Waals surface area contributed by atoms with E-state index in [0.717, 1.165) is 28.4 Å². The molecule has 0 aliphatic carbocycles. The molecule has 0 amide bonds. The van der Waals surface area contributed by atoms with Crippen LogP contribution in [0.4, 0.5) is 5.88 Å². The summed E-state index contributed by atoms with van der Waals surface area (Å²) in [6.45, 7) is 5.88. The molecule has 8 nitrogen and oxygen atoms in total. The maximum atomic E-state index is 12.7. The van der Waals surface area contributed by atoms with Gasteiger partial charge in [0, 0.05) is 18.7 Å². The zero-order valence-electron chi connectivity index (χ0n) is 18.0. The molecule has 162 valence electrons. The molecule has 31 heavy (non-hydrogen) atoms. The molecule has 0 aliphatic rings. The molecule has 0 spiro atoms. The monoisotopic (exact) mass is 440 g/mol. The van der Waals surface area contributed by atoms with E-state index >= 15 is 0 Å². The summed E-state index contributed by atoms with van der Waals surface area (Å²) in [5.74, 6) is 0.0339. The lowest BCUT2D eigenvalue weighted by Gasteiger charge is -2.09. The first kappa shape index (κ1) is 20.9. The van der Waals surface area contributed by atoms with Crippen LogP contribution in [0, 0.1) is 6.92 Å². The number of hydrogen-bond donors (Lipinski definition) is 1. The van der Waals surface area contributed by atoms with Crippen LogP contribution in [0.2, 0.25) is 0 Å². The number of sulfonamides is 1. The van der Waals surface area contributed by atoms with Crippen LogP contribution in [0.1, 0.15) is 25.5 Å². The molecule has 0 saturated carbocycles. The van der Waals surface area contributed by atoms with Crippen molar-refractivity contribution in [1.82, 2.24) is 14.3 Å². The predicted molar refractivity (Wildman–Crippen MR) is 122 cm³/mol. The van der Waals surface area contributed by atoms with Gasteiger partial charge in [-0.1, -0.05) is 35.0 Å². The van der Waals surface area contributed by atoms with Crippen molar-refractivity contribution in [3.63, 3.8) is 0 Å². The minimum absolute atomic E-state index is 0.00274. The smallest absolute Gasteiger partial charge is 0.329 e. The minimum Gasteiger partial charge on any atom is -0.337 e. The van der Waals surface area contributed by atoms with Crippen molar-refractivity contribution in [3.05, 3.63) is 58.5 Å². The number of anilines is 1. The molecule has 9 heteroatoms. The number of imidazole rings is 1. The van der Waals surface area contributed by atoms with E-state index in [0.29, 0.717) is 16.8 Å². The Balaban J connectivity index is 2.00. The molecular formula is C22H24N4O4S. The zero-order chi connectivity index (χ0) is 22.5. The average Bonchev–Trinajstić information content (AvgIpc) is 3.19. The van der Waals surface area contributed by atoms with Gasteiger partial charge in [-0.05, 0) is 44.5 Å². The fraction of sp³-hybridized carbons (Fsp3) is 0.273. The van der Waals surface area contributed by atoms with Crippen LogP contribution in [0.3, 0.4) is 0 Å². The molecule has 0 atom stereocenters. The first-order chi connectivity index (χ1) is 14.6. The van der Waals surface area contributed by atoms with Crippen LogP contribution in [0.15, 0.2) is 51.8 Å². The first-order valence-corrected chi connectivity index (χ1v) is 11.7. The van der Waals surface area contributed by atoms with Crippen molar-refractivity contribution in [3.8, 4) is 22.4 Å². The van der Waals surface area contributed by atoms with Gasteiger partial charge >= 0.3 is 5.69 Å². The summed E-state index contributed by atoms with van der Waals surface area (Å²) in [6.07, 6.45) is 1.06. The van der Waals surface area contributed by atoms with Crippen LogP contribution in [0.25, 0.3) is 33.4 Å². The molecule has 2 heterocycles. The highest BCUT2D eigenvalue weighted by molar-refractivity contribution is 7.92. The Kier molecular flexibility index (Phi) is 5.01. The molecule has 0 aliphatic heterocycles. The molecule has 2 aromatic carbocycles. The van der Waals surface area contributed by atoms with Gasteiger partial charge in [0.2, 0.25) is 15.9 Å². The van der Waals surface area contributed by atoms with E-state index < -0.39 is 10.0 Å². The third-order valence-electron chi connectivity index (χ3n) is 5.16. The summed E-state index contributed by atoms with van der Waals surface area (Å²) >= 11 is 0. The van der Waals surface area contributed by atoms with Crippen LogP contribution >= 0.6 is 0 Å². The summed E-state index contributed by atoms with van der Waals surface area (Å²) in [7, 11) is -1.87. The predicted octanol–water partition coefficient (Wildman–Crippen LogP) is 3.92. The number of rotatable bonds is 5. The molecule has 4 aromatic rings. The number of hydrogen-bond acceptors (Lipinski definition) is 5. The van der Waals surface area contributed by atoms with Crippen LogP contribution in [0.5, 0.6) is 0 Å². The third-order valence-corrected chi connectivity index (χ3v) is 5.71. The fourth-order valence-corrected chi connectivity index (χ4v) is 4.28. The quantitative estimate of drug-likeness (QED) is 0.507. The highest BCUT2D eigenvalue weighted by Gasteiger charge is 2.23. The van der Waals surface area contributed by atoms with Gasteiger partial charge in [0.1, 0.15) is 5.69 Å². The minimum atomic E-state index is -3.59. The summed E-state index contributed by atoms with van der Waals surface area (Å²) < 4.78 is 35.0. The average molecular weight is 441 g/mol. The van der Waals surface area contributed by atoms with Crippen molar-refractivity contribution >= 4 is 26.9 Å². The van der Waals surface area contributed by atoms with E-state index in [2.05, 4.69) is 9.88 Å². The number of aromatic nitrogens is 3. The highest BCUT2D eigenvalue weighted by Crippen LogP contribution is 2.39. The molecule has 0 unspecified atom stereocenters. The van der Waals surface area contributed by atoms with Crippen molar-refractivity contribution < 1.29 is 12.9 Å². The number of benzene rings is 2. The number of nitrogens with zero attached hydrogens (tertiary/aromatic N) is 3. The maximum absolute atomic E-state index is 12.7. The van der Waals surface area contributed by atoms with Gasteiger partial charge < -0.3 is 4.52 Å². The van der Waals surface area contributed by atoms with Gasteiger partial charge in [-0.25, -0.2) is 13.2 Å². The Bertz CT molecular complexity index is 1460. The Morgan fingerprint density at radius 2 is 1.81 bits per heavy atom. The molecule has 0 radical (unpaired) electrons. The zero-order valence-corrected chi connectivity index (χ0v) is 18.8. The van der Waals surface area contributed by atoms with Crippen molar-refractivity contribution in [2.45, 2.75) is 26.8 Å². The second kappa shape index (κ2) is 7.42. The van der Waals surface area contributed by atoms with E-state index in [1.54, 1.807) is 16.2 Å². The Morgan fingerprint density at radius 1 is 1.06 bits per heavy atom. The highest BCUT2D eigenvalue weighted by atomic mass is 32.2. The van der Waals surface area contributed by atoms with Crippen molar-refractivity contribution in [1.29, 1.82) is 0 Å². The first-order valence-electron chi connectivity index (χ1n) is 9.82. The summed E-state index contributed by atoms with van der Waals surface area (Å²) in [6, 6.07) is 13.3. The lowest BCUT2D eigenvalue weighted by atomic mass is 9.99. The molecule has 0 saturated heterocycles. The molecule has 1 N–H and O–H groups in total. The largest absolute Gasteiger partial charge is 0.337 e. The lowest BCUT2D eigenvalue weighted by Crippen LogP contribution is -2.23. The van der Waals surface area contributed by atoms with Crippen molar-refractivity contribution in [2.24, 2.45) is 7.05 Å². The van der Waals surface area contributed by atoms with E-state index in [1.165, 1.54) is 0 Å². The summed E-state index contributed by atoms with van der Waals surface area (Å²) in [5, 5.41) is 4.17. The summed E-state index contributed by atoms with van der Waals surface area (Å²) in [4.78, 5) is 12.7. The fourth-order valence-electron chi connectivity index (χ4n) is 3.80. The van der Waals surface area contributed by atoms with E-state index in [4.69, 9.17) is 4.52 Å².